The van der Waals surface area contributed by atoms with E-state index >= 15 is 0 Å². The van der Waals surface area contributed by atoms with Gasteiger partial charge in [-0.25, -0.2) is 4.98 Å². The lowest BCUT2D eigenvalue weighted by Gasteiger charge is -2.10. The van der Waals surface area contributed by atoms with Crippen LogP contribution in [0.3, 0.4) is 0 Å². The second-order valence-electron chi connectivity index (χ2n) is 3.82. The number of amides is 1. The lowest BCUT2D eigenvalue weighted by atomic mass is 10.2. The first-order valence-corrected chi connectivity index (χ1v) is 5.75. The van der Waals surface area contributed by atoms with E-state index in [1.54, 1.807) is 42.6 Å². The first kappa shape index (κ1) is 13.0. The van der Waals surface area contributed by atoms with E-state index in [2.05, 4.69) is 10.3 Å². The van der Waals surface area contributed by atoms with Crippen molar-refractivity contribution in [2.75, 3.05) is 12.4 Å². The number of hydrogen-bond acceptors (Lipinski definition) is 4. The van der Waals surface area contributed by atoms with E-state index in [-0.39, 0.29) is 12.5 Å². The average molecular weight is 258 g/mol. The smallest absolute Gasteiger partial charge is 0.260 e. The number of carbonyl (C=O) groups excluding carboxylic acids is 1. The molecule has 5 heteroatoms. The quantitative estimate of drug-likeness (QED) is 0.877. The fourth-order valence-electron chi connectivity index (χ4n) is 1.69. The van der Waals surface area contributed by atoms with Crippen molar-refractivity contribution in [1.29, 1.82) is 0 Å². The highest BCUT2D eigenvalue weighted by Gasteiger charge is 2.13. The van der Waals surface area contributed by atoms with Crippen LogP contribution in [-0.2, 0) is 6.61 Å². The Morgan fingerprint density at radius 2 is 2.11 bits per heavy atom. The molecule has 0 saturated heterocycles. The molecule has 0 unspecified atom stereocenters. The zero-order valence-electron chi connectivity index (χ0n) is 10.5. The van der Waals surface area contributed by atoms with Crippen LogP contribution in [0.25, 0.3) is 0 Å². The molecule has 5 nitrogen and oxygen atoms in total. The van der Waals surface area contributed by atoms with E-state index in [0.29, 0.717) is 22.7 Å². The number of rotatable bonds is 4. The molecule has 0 aliphatic rings. The number of ether oxygens (including phenoxy) is 1. The predicted molar refractivity (Wildman–Crippen MR) is 71.1 cm³/mol. The van der Waals surface area contributed by atoms with Crippen LogP contribution in [0.1, 0.15) is 15.9 Å². The Morgan fingerprint density at radius 3 is 2.84 bits per heavy atom. The zero-order chi connectivity index (χ0) is 13.7. The van der Waals surface area contributed by atoms with E-state index in [4.69, 9.17) is 4.74 Å². The molecular weight excluding hydrogens is 244 g/mol. The number of benzene rings is 1. The molecule has 2 rings (SSSR count). The normalized spacial score (nSPS) is 10.0. The number of hydrogen-bond donors (Lipinski definition) is 2. The van der Waals surface area contributed by atoms with Gasteiger partial charge in [-0.3, -0.25) is 4.79 Å². The lowest BCUT2D eigenvalue weighted by molar-refractivity contribution is 0.102. The first-order chi connectivity index (χ1) is 9.26. The van der Waals surface area contributed by atoms with E-state index in [1.165, 1.54) is 7.11 Å². The van der Waals surface area contributed by atoms with Crippen LogP contribution in [0.15, 0.2) is 42.6 Å². The summed E-state index contributed by atoms with van der Waals surface area (Å²) in [5.74, 6) is 0.508. The molecule has 0 atom stereocenters. The Kier molecular flexibility index (Phi) is 4.10. The molecule has 1 heterocycles. The number of anilines is 1. The standard InChI is InChI=1S/C14H14N2O3/c1-19-12-7-3-2-6-11(12)14(18)16-13-10(9-17)5-4-8-15-13/h2-8,17H,9H2,1H3,(H,15,16,18). The Morgan fingerprint density at radius 1 is 1.32 bits per heavy atom. The van der Waals surface area contributed by atoms with Crippen molar-refractivity contribution < 1.29 is 14.6 Å². The molecule has 1 aromatic carbocycles. The maximum atomic E-state index is 12.1. The van der Waals surface area contributed by atoms with Gasteiger partial charge >= 0.3 is 0 Å². The Bertz CT molecular complexity index is 584. The van der Waals surface area contributed by atoms with Crippen LogP contribution in [0.5, 0.6) is 5.75 Å². The van der Waals surface area contributed by atoms with Gasteiger partial charge in [0.15, 0.2) is 0 Å². The van der Waals surface area contributed by atoms with Crippen molar-refractivity contribution in [2.45, 2.75) is 6.61 Å². The van der Waals surface area contributed by atoms with E-state index in [0.717, 1.165) is 0 Å². The number of carbonyl (C=O) groups is 1. The molecule has 0 aliphatic heterocycles. The summed E-state index contributed by atoms with van der Waals surface area (Å²) < 4.78 is 5.13. The Balaban J connectivity index is 2.26. The highest BCUT2D eigenvalue weighted by atomic mass is 16.5. The van der Waals surface area contributed by atoms with Gasteiger partial charge in [-0.05, 0) is 18.2 Å². The van der Waals surface area contributed by atoms with Gasteiger partial charge in [0, 0.05) is 11.8 Å². The highest BCUT2D eigenvalue weighted by molar-refractivity contribution is 6.06. The summed E-state index contributed by atoms with van der Waals surface area (Å²) in [6.45, 7) is -0.185. The lowest BCUT2D eigenvalue weighted by Crippen LogP contribution is -2.15. The third kappa shape index (κ3) is 2.89. The minimum Gasteiger partial charge on any atom is -0.496 e. The van der Waals surface area contributed by atoms with Crippen LogP contribution in [0, 0.1) is 0 Å². The third-order valence-electron chi connectivity index (χ3n) is 2.65. The maximum Gasteiger partial charge on any atom is 0.260 e. The highest BCUT2D eigenvalue weighted by Crippen LogP contribution is 2.19. The largest absolute Gasteiger partial charge is 0.496 e. The topological polar surface area (TPSA) is 71.5 Å². The van der Waals surface area contributed by atoms with Gasteiger partial charge < -0.3 is 15.2 Å². The van der Waals surface area contributed by atoms with E-state index in [1.807, 2.05) is 0 Å². The van der Waals surface area contributed by atoms with Crippen LogP contribution in [0.4, 0.5) is 5.82 Å². The van der Waals surface area contributed by atoms with Gasteiger partial charge in [-0.15, -0.1) is 0 Å². The molecule has 0 spiro atoms. The minimum atomic E-state index is -0.328. The van der Waals surface area contributed by atoms with E-state index in [9.17, 15) is 9.90 Å². The summed E-state index contributed by atoms with van der Waals surface area (Å²) in [5, 5.41) is 11.8. The van der Waals surface area contributed by atoms with Crippen LogP contribution < -0.4 is 10.1 Å². The predicted octanol–water partition coefficient (Wildman–Crippen LogP) is 1.83. The summed E-state index contributed by atoms with van der Waals surface area (Å²) in [6.07, 6.45) is 1.55. The molecule has 0 fully saturated rings. The first-order valence-electron chi connectivity index (χ1n) is 5.75. The number of pyridine rings is 1. The summed E-state index contributed by atoms with van der Waals surface area (Å²) in [4.78, 5) is 16.2. The molecule has 2 aromatic rings. The number of aliphatic hydroxyl groups excluding tert-OH is 1. The van der Waals surface area contributed by atoms with Crippen molar-refractivity contribution in [2.24, 2.45) is 0 Å². The maximum absolute atomic E-state index is 12.1. The minimum absolute atomic E-state index is 0.185. The summed E-state index contributed by atoms with van der Waals surface area (Å²) in [5.41, 5.74) is 0.977. The molecular formula is C14H14N2O3. The molecule has 0 aliphatic carbocycles. The number of aromatic nitrogens is 1. The summed E-state index contributed by atoms with van der Waals surface area (Å²) >= 11 is 0. The Hall–Kier alpha value is -2.40. The van der Waals surface area contributed by atoms with Gasteiger partial charge in [-0.2, -0.15) is 0 Å². The van der Waals surface area contributed by atoms with Crippen LogP contribution in [-0.4, -0.2) is 23.1 Å². The number of methoxy groups -OCH3 is 1. The average Bonchev–Trinajstić information content (AvgIpc) is 2.47. The molecule has 1 aromatic heterocycles. The number of nitrogens with one attached hydrogen (secondary N) is 1. The van der Waals surface area contributed by atoms with E-state index < -0.39 is 0 Å². The van der Waals surface area contributed by atoms with Crippen molar-refractivity contribution in [3.63, 3.8) is 0 Å². The molecule has 0 radical (unpaired) electrons. The monoisotopic (exact) mass is 258 g/mol. The number of aliphatic hydroxyl groups is 1. The zero-order valence-corrected chi connectivity index (χ0v) is 10.5. The molecule has 98 valence electrons. The third-order valence-corrected chi connectivity index (χ3v) is 2.65. The second kappa shape index (κ2) is 5.97. The second-order valence-corrected chi connectivity index (χ2v) is 3.82. The van der Waals surface area contributed by atoms with Gasteiger partial charge in [0.2, 0.25) is 0 Å². The van der Waals surface area contributed by atoms with Gasteiger partial charge in [0.1, 0.15) is 11.6 Å². The van der Waals surface area contributed by atoms with Gasteiger partial charge in [0.05, 0.1) is 19.3 Å². The van der Waals surface area contributed by atoms with Gasteiger partial charge in [0.25, 0.3) is 5.91 Å². The summed E-state index contributed by atoms with van der Waals surface area (Å²) in [6, 6.07) is 10.3. The van der Waals surface area contributed by atoms with Crippen LogP contribution in [0.2, 0.25) is 0 Å². The molecule has 1 amide bonds. The van der Waals surface area contributed by atoms with Crippen molar-refractivity contribution in [3.8, 4) is 5.75 Å². The van der Waals surface area contributed by atoms with Crippen molar-refractivity contribution in [1.82, 2.24) is 4.98 Å². The van der Waals surface area contributed by atoms with Crippen molar-refractivity contribution in [3.05, 3.63) is 53.7 Å². The molecule has 19 heavy (non-hydrogen) atoms. The van der Waals surface area contributed by atoms with Crippen molar-refractivity contribution >= 4 is 11.7 Å². The Labute approximate surface area is 110 Å². The van der Waals surface area contributed by atoms with Crippen LogP contribution >= 0.6 is 0 Å². The van der Waals surface area contributed by atoms with Gasteiger partial charge in [-0.1, -0.05) is 18.2 Å². The molecule has 0 saturated carbocycles. The fourth-order valence-corrected chi connectivity index (χ4v) is 1.69. The molecule has 0 bridgehead atoms. The number of nitrogens with zero attached hydrogens (tertiary/aromatic N) is 1. The molecule has 2 N–H and O–H groups in total. The fraction of sp³-hybridized carbons (Fsp3) is 0.143. The summed E-state index contributed by atoms with van der Waals surface area (Å²) in [7, 11) is 1.51. The number of para-hydroxylation sites is 1. The SMILES string of the molecule is COc1ccccc1C(=O)Nc1ncccc1CO.